The van der Waals surface area contributed by atoms with Crippen molar-refractivity contribution in [1.29, 1.82) is 0 Å². The second-order valence-electron chi connectivity index (χ2n) is 8.77. The third-order valence-corrected chi connectivity index (χ3v) is 6.75. The van der Waals surface area contributed by atoms with E-state index in [1.807, 2.05) is 0 Å². The highest BCUT2D eigenvalue weighted by Crippen LogP contribution is 2.50. The smallest absolute Gasteiger partial charge is 0.209 e. The average molecular weight is 360 g/mol. The van der Waals surface area contributed by atoms with Gasteiger partial charge in [0, 0.05) is 41.6 Å². The molecule has 0 spiro atoms. The standard InChI is InChI=1S/C25H31N2/c1-7-16-25(4)19-13-9-11-15-21(19)27(6)23(25)17-22-24(2,3)18-12-8-10-14-20(18)26(22)5/h8-15,17H,7,16H2,1-6H3/q+1/t25-/m1/s1. The largest absolute Gasteiger partial charge is 0.347 e. The number of fused-ring (bicyclic) bond motifs is 2. The van der Waals surface area contributed by atoms with Crippen LogP contribution in [-0.4, -0.2) is 24.4 Å². The summed E-state index contributed by atoms with van der Waals surface area (Å²) in [4.78, 5) is 2.41. The van der Waals surface area contributed by atoms with Crippen LogP contribution in [0.4, 0.5) is 11.4 Å². The van der Waals surface area contributed by atoms with Gasteiger partial charge in [0.25, 0.3) is 0 Å². The lowest BCUT2D eigenvalue weighted by Gasteiger charge is -2.29. The van der Waals surface area contributed by atoms with Crippen LogP contribution in [0.25, 0.3) is 0 Å². The third-order valence-electron chi connectivity index (χ3n) is 6.75. The molecular weight excluding hydrogens is 328 g/mol. The van der Waals surface area contributed by atoms with Crippen LogP contribution in [0.2, 0.25) is 0 Å². The number of hydrogen-bond acceptors (Lipinski definition) is 1. The zero-order valence-corrected chi connectivity index (χ0v) is 17.5. The molecule has 2 heteroatoms. The van der Waals surface area contributed by atoms with E-state index in [9.17, 15) is 0 Å². The summed E-state index contributed by atoms with van der Waals surface area (Å²) in [5.41, 5.74) is 8.38. The minimum atomic E-state index is 0.00107. The van der Waals surface area contributed by atoms with Gasteiger partial charge >= 0.3 is 0 Å². The number of rotatable bonds is 3. The minimum Gasteiger partial charge on any atom is -0.347 e. The Morgan fingerprint density at radius 1 is 0.963 bits per heavy atom. The van der Waals surface area contributed by atoms with Crippen molar-refractivity contribution in [2.45, 2.75) is 51.4 Å². The molecule has 2 aliphatic rings. The number of para-hydroxylation sites is 2. The second kappa shape index (κ2) is 6.09. The van der Waals surface area contributed by atoms with Crippen LogP contribution in [0.15, 0.2) is 60.3 Å². The van der Waals surface area contributed by atoms with Gasteiger partial charge in [-0.05, 0) is 38.8 Å². The highest BCUT2D eigenvalue weighted by molar-refractivity contribution is 6.04. The van der Waals surface area contributed by atoms with Crippen molar-refractivity contribution in [1.82, 2.24) is 0 Å². The van der Waals surface area contributed by atoms with E-state index >= 15 is 0 Å². The van der Waals surface area contributed by atoms with E-state index in [0.717, 1.165) is 6.42 Å². The van der Waals surface area contributed by atoms with Crippen LogP contribution in [0, 0.1) is 0 Å². The van der Waals surface area contributed by atoms with Gasteiger partial charge in [-0.3, -0.25) is 0 Å². The molecule has 0 saturated carbocycles. The first-order valence-electron chi connectivity index (χ1n) is 10.1. The van der Waals surface area contributed by atoms with Crippen molar-refractivity contribution < 1.29 is 4.58 Å². The number of nitrogens with zero attached hydrogens (tertiary/aromatic N) is 2. The van der Waals surface area contributed by atoms with E-state index in [1.54, 1.807) is 0 Å². The van der Waals surface area contributed by atoms with Crippen molar-refractivity contribution in [2.75, 3.05) is 19.0 Å². The summed E-state index contributed by atoms with van der Waals surface area (Å²) >= 11 is 0. The summed E-state index contributed by atoms with van der Waals surface area (Å²) in [7, 11) is 4.43. The Morgan fingerprint density at radius 3 is 2.26 bits per heavy atom. The summed E-state index contributed by atoms with van der Waals surface area (Å²) in [6.45, 7) is 9.40. The van der Waals surface area contributed by atoms with Gasteiger partial charge in [-0.2, -0.15) is 4.58 Å². The first kappa shape index (κ1) is 18.0. The molecule has 0 aliphatic carbocycles. The number of anilines is 1. The predicted molar refractivity (Wildman–Crippen MR) is 116 cm³/mol. The molecule has 2 aliphatic heterocycles. The molecular formula is C25H31N2+. The van der Waals surface area contributed by atoms with Crippen LogP contribution < -0.4 is 4.90 Å². The number of benzene rings is 2. The van der Waals surface area contributed by atoms with Gasteiger partial charge in [0.15, 0.2) is 5.71 Å². The molecule has 2 nitrogen and oxygen atoms in total. The normalized spacial score (nSPS) is 24.5. The van der Waals surface area contributed by atoms with Crippen LogP contribution in [0.3, 0.4) is 0 Å². The Hall–Kier alpha value is -2.35. The van der Waals surface area contributed by atoms with Gasteiger partial charge in [-0.15, -0.1) is 0 Å². The maximum atomic E-state index is 2.47. The molecule has 0 radical (unpaired) electrons. The topological polar surface area (TPSA) is 6.25 Å². The Labute approximate surface area is 163 Å². The minimum absolute atomic E-state index is 0.00107. The fourth-order valence-corrected chi connectivity index (χ4v) is 5.28. The molecule has 0 N–H and O–H groups in total. The van der Waals surface area contributed by atoms with Gasteiger partial charge in [0.05, 0.1) is 5.41 Å². The van der Waals surface area contributed by atoms with Crippen molar-refractivity contribution >= 4 is 17.1 Å². The zero-order valence-electron chi connectivity index (χ0n) is 17.5. The van der Waals surface area contributed by atoms with Crippen LogP contribution >= 0.6 is 0 Å². The number of allylic oxidation sites excluding steroid dienone is 2. The van der Waals surface area contributed by atoms with Gasteiger partial charge in [-0.1, -0.05) is 49.7 Å². The monoisotopic (exact) mass is 359 g/mol. The Kier molecular flexibility index (Phi) is 4.06. The van der Waals surface area contributed by atoms with Gasteiger partial charge < -0.3 is 4.90 Å². The van der Waals surface area contributed by atoms with E-state index in [1.165, 1.54) is 40.3 Å². The van der Waals surface area contributed by atoms with Crippen LogP contribution in [0.5, 0.6) is 0 Å². The number of hydrogen-bond donors (Lipinski definition) is 0. The van der Waals surface area contributed by atoms with Gasteiger partial charge in [-0.25, -0.2) is 0 Å². The van der Waals surface area contributed by atoms with Gasteiger partial charge in [0.1, 0.15) is 7.05 Å². The lowest BCUT2D eigenvalue weighted by Crippen LogP contribution is -2.32. The molecule has 2 aromatic rings. The van der Waals surface area contributed by atoms with Gasteiger partial charge in [0.2, 0.25) is 5.69 Å². The van der Waals surface area contributed by atoms with Crippen molar-refractivity contribution in [3.63, 3.8) is 0 Å². The summed E-state index contributed by atoms with van der Waals surface area (Å²) in [5, 5.41) is 0. The van der Waals surface area contributed by atoms with Crippen molar-refractivity contribution in [2.24, 2.45) is 0 Å². The fourth-order valence-electron chi connectivity index (χ4n) is 5.28. The first-order chi connectivity index (χ1) is 12.8. The quantitative estimate of drug-likeness (QED) is 0.629. The third kappa shape index (κ3) is 2.42. The van der Waals surface area contributed by atoms with E-state index in [-0.39, 0.29) is 10.8 Å². The molecule has 140 valence electrons. The molecule has 0 amide bonds. The summed E-state index contributed by atoms with van der Waals surface area (Å²) in [6, 6.07) is 17.7. The molecule has 4 rings (SSSR count). The molecule has 0 saturated heterocycles. The van der Waals surface area contributed by atoms with E-state index in [4.69, 9.17) is 0 Å². The number of likely N-dealkylation sites (N-methyl/N-ethyl adjacent to an activating group) is 1. The average Bonchev–Trinajstić information content (AvgIpc) is 2.98. The Morgan fingerprint density at radius 2 is 1.59 bits per heavy atom. The Balaban J connectivity index is 1.91. The molecule has 0 fully saturated rings. The zero-order chi connectivity index (χ0) is 19.4. The SMILES string of the molecule is CCC[C@@]1(C)/C(=C/C2=[N+](C)c3ccccc3C2(C)C)N(C)c2ccccc21. The Bertz CT molecular complexity index is 964. The molecule has 2 aromatic carbocycles. The summed E-state index contributed by atoms with van der Waals surface area (Å²) < 4.78 is 2.38. The lowest BCUT2D eigenvalue weighted by atomic mass is 9.75. The molecule has 0 aromatic heterocycles. The second-order valence-corrected chi connectivity index (χ2v) is 8.77. The van der Waals surface area contributed by atoms with Crippen LogP contribution in [-0.2, 0) is 10.8 Å². The van der Waals surface area contributed by atoms with E-state index < -0.39 is 0 Å². The predicted octanol–water partition coefficient (Wildman–Crippen LogP) is 5.78. The lowest BCUT2D eigenvalue weighted by molar-refractivity contribution is -0.401. The maximum absolute atomic E-state index is 2.47. The highest BCUT2D eigenvalue weighted by Gasteiger charge is 2.47. The molecule has 2 heterocycles. The highest BCUT2D eigenvalue weighted by atomic mass is 15.2. The van der Waals surface area contributed by atoms with E-state index in [2.05, 4.69) is 106 Å². The molecule has 1 atom stereocenters. The maximum Gasteiger partial charge on any atom is 0.209 e. The molecule has 0 unspecified atom stereocenters. The summed E-state index contributed by atoms with van der Waals surface area (Å²) in [5.74, 6) is 0. The molecule has 27 heavy (non-hydrogen) atoms. The van der Waals surface area contributed by atoms with Crippen molar-refractivity contribution in [3.05, 3.63) is 71.4 Å². The van der Waals surface area contributed by atoms with Crippen LogP contribution in [0.1, 0.15) is 51.7 Å². The van der Waals surface area contributed by atoms with E-state index in [0.29, 0.717) is 0 Å². The first-order valence-corrected chi connectivity index (χ1v) is 10.1. The fraction of sp³-hybridized carbons (Fsp3) is 0.400. The summed E-state index contributed by atoms with van der Waals surface area (Å²) in [6.07, 6.45) is 4.80. The van der Waals surface area contributed by atoms with Crippen molar-refractivity contribution in [3.8, 4) is 0 Å². The molecule has 0 bridgehead atoms.